The van der Waals surface area contributed by atoms with Crippen LogP contribution in [0.1, 0.15) is 74.8 Å². The van der Waals surface area contributed by atoms with E-state index < -0.39 is 38.5 Å². The number of sulfonamides is 1. The number of aryl methyl sites for hydroxylation is 1. The molecule has 1 N–H and O–H groups in total. The molecule has 6 heterocycles. The molecule has 11 nitrogen and oxygen atoms in total. The Kier molecular flexibility index (Phi) is 6.02. The van der Waals surface area contributed by atoms with Crippen molar-refractivity contribution in [3.05, 3.63) is 41.9 Å². The molecule has 1 saturated heterocycles. The van der Waals surface area contributed by atoms with Gasteiger partial charge < -0.3 is 9.64 Å². The van der Waals surface area contributed by atoms with Gasteiger partial charge in [0.15, 0.2) is 5.82 Å². The molecular weight excluding hydrogens is 587 g/mol. The lowest BCUT2D eigenvalue weighted by atomic mass is 9.76. The summed E-state index contributed by atoms with van der Waals surface area (Å²) in [6.45, 7) is 5.04. The van der Waals surface area contributed by atoms with Crippen LogP contribution in [0.4, 0.5) is 19.0 Å². The van der Waals surface area contributed by atoms with E-state index in [0.717, 1.165) is 19.3 Å². The Morgan fingerprint density at radius 1 is 1.12 bits per heavy atom. The maximum absolute atomic E-state index is 13.6. The Morgan fingerprint density at radius 2 is 1.91 bits per heavy atom. The highest BCUT2D eigenvalue weighted by atomic mass is 32.2. The zero-order valence-electron chi connectivity index (χ0n) is 23.8. The normalized spacial score (nSPS) is 24.9. The highest BCUT2D eigenvalue weighted by Gasteiger charge is 2.62. The lowest BCUT2D eigenvalue weighted by Crippen LogP contribution is -2.42. The van der Waals surface area contributed by atoms with Gasteiger partial charge in [0.2, 0.25) is 5.88 Å². The van der Waals surface area contributed by atoms with Crippen LogP contribution in [0.2, 0.25) is 0 Å². The van der Waals surface area contributed by atoms with Crippen LogP contribution in [0, 0.1) is 5.41 Å². The van der Waals surface area contributed by atoms with Crippen molar-refractivity contribution in [1.29, 1.82) is 0 Å². The highest BCUT2D eigenvalue weighted by Crippen LogP contribution is 2.60. The number of amides is 1. The molecule has 3 aliphatic heterocycles. The number of hydrogen-bond acceptors (Lipinski definition) is 8. The number of rotatable bonds is 5. The van der Waals surface area contributed by atoms with E-state index in [2.05, 4.69) is 33.7 Å². The molecule has 1 saturated carbocycles. The first-order valence-corrected chi connectivity index (χ1v) is 15.9. The molecule has 43 heavy (non-hydrogen) atoms. The quantitative estimate of drug-likeness (QED) is 0.453. The molecule has 1 spiro atoms. The van der Waals surface area contributed by atoms with Crippen molar-refractivity contribution in [2.75, 3.05) is 18.1 Å². The SMILES string of the molecule is CC1(C)CC23CCCCn4ncc(c42)S(=O)(=O)NC(=O)c2ccc(-n4ccc(OCCC5(C(F)(F)F)CC5)n4)nc2N1C3. The maximum Gasteiger partial charge on any atom is 0.394 e. The number of hydrogen-bond donors (Lipinski definition) is 1. The summed E-state index contributed by atoms with van der Waals surface area (Å²) in [5.74, 6) is 0.0209. The molecule has 1 atom stereocenters. The number of nitrogens with zero attached hydrogens (tertiary/aromatic N) is 6. The van der Waals surface area contributed by atoms with Gasteiger partial charge in [-0.25, -0.2) is 22.8 Å². The van der Waals surface area contributed by atoms with Gasteiger partial charge >= 0.3 is 6.18 Å². The molecule has 0 radical (unpaired) electrons. The Morgan fingerprint density at radius 3 is 2.65 bits per heavy atom. The summed E-state index contributed by atoms with van der Waals surface area (Å²) in [4.78, 5) is 20.4. The number of fused-ring (bicyclic) bond motifs is 3. The molecule has 0 aromatic carbocycles. The molecule has 1 unspecified atom stereocenters. The van der Waals surface area contributed by atoms with Crippen LogP contribution in [0.5, 0.6) is 5.88 Å². The third-order valence-electron chi connectivity index (χ3n) is 9.51. The molecule has 3 aromatic rings. The Balaban J connectivity index is 1.24. The van der Waals surface area contributed by atoms with Crippen LogP contribution in [0.15, 0.2) is 35.5 Å². The number of nitrogens with one attached hydrogen (secondary N) is 1. The van der Waals surface area contributed by atoms with Crippen LogP contribution in [0.25, 0.3) is 5.82 Å². The van der Waals surface area contributed by atoms with Gasteiger partial charge in [-0.05, 0) is 64.5 Å². The first-order valence-electron chi connectivity index (χ1n) is 14.4. The van der Waals surface area contributed by atoms with Crippen LogP contribution in [-0.4, -0.2) is 63.7 Å². The second-order valence-electron chi connectivity index (χ2n) is 12.8. The summed E-state index contributed by atoms with van der Waals surface area (Å²) in [5.41, 5.74) is -1.95. The van der Waals surface area contributed by atoms with Gasteiger partial charge in [0.05, 0.1) is 29.5 Å². The first-order chi connectivity index (χ1) is 20.2. The number of anilines is 1. The molecular formula is C28H32F3N7O4S. The molecule has 7 rings (SSSR count). The van der Waals surface area contributed by atoms with Crippen molar-refractivity contribution in [1.82, 2.24) is 29.3 Å². The predicted octanol–water partition coefficient (Wildman–Crippen LogP) is 4.12. The fraction of sp³-hybridized carbons (Fsp3) is 0.571. The van der Waals surface area contributed by atoms with Crippen LogP contribution in [-0.2, 0) is 22.0 Å². The summed E-state index contributed by atoms with van der Waals surface area (Å²) in [7, 11) is -4.22. The standard InChI is InChI=1S/C28H32F3N7O4S/c1-25(2)16-26-8-3-4-12-38-22(26)19(15-32-38)43(40,41)35-24(39)18-5-6-20(33-23(18)36(25)17-26)37-13-7-21(34-37)42-14-11-27(9-10-27)28(29,30)31/h5-7,13,15H,3-4,8-12,14,16-17H2,1-2H3,(H,35,39). The van der Waals surface area contributed by atoms with Crippen molar-refractivity contribution >= 4 is 21.7 Å². The zero-order valence-corrected chi connectivity index (χ0v) is 24.6. The van der Waals surface area contributed by atoms with E-state index in [1.54, 1.807) is 23.0 Å². The van der Waals surface area contributed by atoms with Gasteiger partial charge in [0.25, 0.3) is 15.9 Å². The second kappa shape index (κ2) is 9.19. The molecule has 1 aliphatic carbocycles. The number of halogens is 3. The fourth-order valence-electron chi connectivity index (χ4n) is 7.17. The van der Waals surface area contributed by atoms with Crippen molar-refractivity contribution < 1.29 is 31.1 Å². The number of ether oxygens (including phenoxy) is 1. The number of carbonyl (C=O) groups is 1. The predicted molar refractivity (Wildman–Crippen MR) is 148 cm³/mol. The van der Waals surface area contributed by atoms with Crippen molar-refractivity contribution in [2.24, 2.45) is 5.41 Å². The molecule has 230 valence electrons. The van der Waals surface area contributed by atoms with Crippen LogP contribution in [0.3, 0.4) is 0 Å². The lowest BCUT2D eigenvalue weighted by molar-refractivity contribution is -0.190. The fourth-order valence-corrected chi connectivity index (χ4v) is 8.39. The van der Waals surface area contributed by atoms with Crippen LogP contribution < -0.4 is 14.4 Å². The van der Waals surface area contributed by atoms with Crippen LogP contribution >= 0.6 is 0 Å². The van der Waals surface area contributed by atoms with E-state index in [9.17, 15) is 26.4 Å². The summed E-state index contributed by atoms with van der Waals surface area (Å²) >= 11 is 0. The minimum Gasteiger partial charge on any atom is -0.477 e. The smallest absolute Gasteiger partial charge is 0.394 e. The largest absolute Gasteiger partial charge is 0.477 e. The zero-order chi connectivity index (χ0) is 30.4. The van der Waals surface area contributed by atoms with Gasteiger partial charge in [0.1, 0.15) is 10.7 Å². The average Bonchev–Trinajstić information content (AvgIpc) is 3.30. The van der Waals surface area contributed by atoms with E-state index in [1.807, 2.05) is 0 Å². The lowest BCUT2D eigenvalue weighted by Gasteiger charge is -2.34. The van der Waals surface area contributed by atoms with E-state index in [-0.39, 0.29) is 42.2 Å². The summed E-state index contributed by atoms with van der Waals surface area (Å²) in [6, 6.07) is 4.61. The molecule has 2 bridgehead atoms. The molecule has 4 aliphatic rings. The number of carbonyl (C=O) groups excluding carboxylic acids is 1. The monoisotopic (exact) mass is 619 g/mol. The number of pyridine rings is 1. The number of aromatic nitrogens is 5. The minimum atomic E-state index is -4.25. The first kappa shape index (κ1) is 28.2. The Bertz CT molecular complexity index is 1730. The van der Waals surface area contributed by atoms with Gasteiger partial charge in [-0.3, -0.25) is 9.48 Å². The topological polar surface area (TPSA) is 124 Å². The molecule has 1 amide bonds. The van der Waals surface area contributed by atoms with Gasteiger partial charge in [-0.2, -0.15) is 18.3 Å². The minimum absolute atomic E-state index is 0.0420. The second-order valence-corrected chi connectivity index (χ2v) is 14.5. The summed E-state index contributed by atoms with van der Waals surface area (Å²) in [5, 5.41) is 8.79. The third kappa shape index (κ3) is 4.49. The molecule has 2 fully saturated rings. The van der Waals surface area contributed by atoms with Crippen molar-refractivity contribution in [2.45, 2.75) is 87.4 Å². The molecule has 3 aromatic heterocycles. The average molecular weight is 620 g/mol. The third-order valence-corrected chi connectivity index (χ3v) is 10.8. The van der Waals surface area contributed by atoms with Crippen molar-refractivity contribution in [3.8, 4) is 11.7 Å². The number of alkyl halides is 3. The van der Waals surface area contributed by atoms with E-state index >= 15 is 0 Å². The maximum atomic E-state index is 13.6. The Hall–Kier alpha value is -3.62. The Labute approximate surface area is 246 Å². The summed E-state index contributed by atoms with van der Waals surface area (Å²) < 4.78 is 77.9. The van der Waals surface area contributed by atoms with Crippen molar-refractivity contribution in [3.63, 3.8) is 0 Å². The van der Waals surface area contributed by atoms with Gasteiger partial charge in [-0.1, -0.05) is 6.42 Å². The van der Waals surface area contributed by atoms with E-state index in [4.69, 9.17) is 9.72 Å². The van der Waals surface area contributed by atoms with Gasteiger partial charge in [0, 0.05) is 36.3 Å². The van der Waals surface area contributed by atoms with E-state index in [1.165, 1.54) is 16.9 Å². The highest BCUT2D eigenvalue weighted by molar-refractivity contribution is 7.90. The van der Waals surface area contributed by atoms with E-state index in [0.29, 0.717) is 36.8 Å². The molecule has 15 heteroatoms. The summed E-state index contributed by atoms with van der Waals surface area (Å²) in [6.07, 6.45) is 1.93. The van der Waals surface area contributed by atoms with Gasteiger partial charge in [-0.15, -0.1) is 5.10 Å².